The largest absolute Gasteiger partial charge is 0.326 e. The lowest BCUT2D eigenvalue weighted by atomic mass is 10.2. The van der Waals surface area contributed by atoms with Crippen molar-refractivity contribution in [1.82, 2.24) is 9.97 Å². The molecule has 2 aromatic heterocycles. The van der Waals surface area contributed by atoms with Crippen molar-refractivity contribution >= 4 is 29.2 Å². The third-order valence-electron chi connectivity index (χ3n) is 2.67. The monoisotopic (exact) mass is 257 g/mol. The van der Waals surface area contributed by atoms with E-state index in [0.29, 0.717) is 0 Å². The smallest absolute Gasteiger partial charge is 0.143 e. The summed E-state index contributed by atoms with van der Waals surface area (Å²) in [4.78, 5) is 18.3. The van der Waals surface area contributed by atoms with Gasteiger partial charge in [0.2, 0.25) is 0 Å². The van der Waals surface area contributed by atoms with Gasteiger partial charge in [-0.25, -0.2) is 4.98 Å². The van der Waals surface area contributed by atoms with Gasteiger partial charge in [0.25, 0.3) is 0 Å². The van der Waals surface area contributed by atoms with Crippen molar-refractivity contribution < 1.29 is 0 Å². The first-order valence-corrected chi connectivity index (χ1v) is 6.36. The highest BCUT2D eigenvalue weighted by Crippen LogP contribution is 2.26. The van der Waals surface area contributed by atoms with E-state index in [2.05, 4.69) is 25.3 Å². The van der Waals surface area contributed by atoms with Crippen LogP contribution >= 0.6 is 11.3 Å². The number of nitrogens with one attached hydrogen (secondary N) is 1. The van der Waals surface area contributed by atoms with Gasteiger partial charge < -0.3 is 5.32 Å². The molecule has 90 valence electrons. The topological polar surface area (TPSA) is 62.5 Å². The molecule has 0 saturated carbocycles. The van der Waals surface area contributed by atoms with E-state index in [-0.39, 0.29) is 6.04 Å². The van der Waals surface area contributed by atoms with Crippen molar-refractivity contribution in [3.05, 3.63) is 40.5 Å². The number of pyridine rings is 1. The number of thiazole rings is 1. The second-order valence-corrected chi connectivity index (χ2v) is 4.68. The van der Waals surface area contributed by atoms with Crippen molar-refractivity contribution in [2.45, 2.75) is 6.04 Å². The van der Waals surface area contributed by atoms with Crippen LogP contribution in [0.5, 0.6) is 0 Å². The standard InChI is InChI=1S/C12H11N5S/c1-13-12-10(9-6-14-7-18-9)16-5-8-3-2-4-15-11(8)17-12/h2-7,10H,1H3,(H,13,15,17). The highest BCUT2D eigenvalue weighted by molar-refractivity contribution is 7.09. The SMILES string of the molecule is CN=C1Nc2ncccc2C=NC1c1cncs1. The van der Waals surface area contributed by atoms with E-state index in [9.17, 15) is 0 Å². The fourth-order valence-corrected chi connectivity index (χ4v) is 2.46. The summed E-state index contributed by atoms with van der Waals surface area (Å²) in [6, 6.07) is 3.74. The Bertz CT molecular complexity index is 603. The summed E-state index contributed by atoms with van der Waals surface area (Å²) in [7, 11) is 1.75. The van der Waals surface area contributed by atoms with Crippen LogP contribution in [-0.2, 0) is 0 Å². The Morgan fingerprint density at radius 2 is 2.39 bits per heavy atom. The maximum absolute atomic E-state index is 4.57. The van der Waals surface area contributed by atoms with E-state index in [1.165, 1.54) is 0 Å². The zero-order chi connectivity index (χ0) is 12.4. The number of hydrogen-bond donors (Lipinski definition) is 1. The number of aromatic nitrogens is 2. The second-order valence-electron chi connectivity index (χ2n) is 3.76. The van der Waals surface area contributed by atoms with Gasteiger partial charge in [-0.15, -0.1) is 11.3 Å². The molecule has 0 radical (unpaired) electrons. The number of amidine groups is 1. The summed E-state index contributed by atoms with van der Waals surface area (Å²) in [6.45, 7) is 0. The van der Waals surface area contributed by atoms with E-state index in [4.69, 9.17) is 0 Å². The molecule has 18 heavy (non-hydrogen) atoms. The van der Waals surface area contributed by atoms with E-state index in [0.717, 1.165) is 22.1 Å². The highest BCUT2D eigenvalue weighted by Gasteiger charge is 2.22. The summed E-state index contributed by atoms with van der Waals surface area (Å²) in [5.41, 5.74) is 2.76. The van der Waals surface area contributed by atoms with E-state index >= 15 is 0 Å². The molecule has 3 heterocycles. The predicted molar refractivity (Wildman–Crippen MR) is 73.7 cm³/mol. The molecule has 0 spiro atoms. The molecule has 6 heteroatoms. The second kappa shape index (κ2) is 4.66. The lowest BCUT2D eigenvalue weighted by Gasteiger charge is -2.12. The Hall–Kier alpha value is -2.08. The maximum Gasteiger partial charge on any atom is 0.143 e. The molecule has 1 unspecified atom stereocenters. The molecule has 0 fully saturated rings. The predicted octanol–water partition coefficient (Wildman–Crippen LogP) is 2.15. The van der Waals surface area contributed by atoms with Crippen molar-refractivity contribution in [2.24, 2.45) is 9.98 Å². The summed E-state index contributed by atoms with van der Waals surface area (Å²) in [5.74, 6) is 1.57. The molecule has 0 saturated heterocycles. The molecular formula is C12H11N5S. The van der Waals surface area contributed by atoms with Gasteiger partial charge in [-0.1, -0.05) is 0 Å². The lowest BCUT2D eigenvalue weighted by Crippen LogP contribution is -2.19. The van der Waals surface area contributed by atoms with Crippen LogP contribution in [0.3, 0.4) is 0 Å². The third-order valence-corrected chi connectivity index (χ3v) is 3.50. The van der Waals surface area contributed by atoms with Crippen LogP contribution in [0.2, 0.25) is 0 Å². The van der Waals surface area contributed by atoms with Crippen molar-refractivity contribution in [3.8, 4) is 0 Å². The molecule has 1 atom stereocenters. The first-order valence-electron chi connectivity index (χ1n) is 5.49. The highest BCUT2D eigenvalue weighted by atomic mass is 32.1. The van der Waals surface area contributed by atoms with Crippen molar-refractivity contribution in [2.75, 3.05) is 12.4 Å². The number of hydrogen-bond acceptors (Lipinski definition) is 5. The minimum Gasteiger partial charge on any atom is -0.326 e. The molecule has 0 amide bonds. The Labute approximate surface area is 108 Å². The van der Waals surface area contributed by atoms with Gasteiger partial charge in [0.15, 0.2) is 0 Å². The van der Waals surface area contributed by atoms with Crippen LogP contribution in [0.15, 0.2) is 40.0 Å². The summed E-state index contributed by atoms with van der Waals surface area (Å²) < 4.78 is 0. The normalized spacial score (nSPS) is 20.3. The molecule has 0 aliphatic carbocycles. The average molecular weight is 257 g/mol. The molecule has 1 aliphatic heterocycles. The van der Waals surface area contributed by atoms with Gasteiger partial charge in [0.05, 0.1) is 10.4 Å². The van der Waals surface area contributed by atoms with Gasteiger partial charge in [-0.2, -0.15) is 0 Å². The molecule has 1 aliphatic rings. The number of aliphatic imine (C=N–C) groups is 2. The van der Waals surface area contributed by atoms with E-state index in [1.54, 1.807) is 30.1 Å². The summed E-state index contributed by atoms with van der Waals surface area (Å²) >= 11 is 1.57. The van der Waals surface area contributed by atoms with Crippen molar-refractivity contribution in [3.63, 3.8) is 0 Å². The zero-order valence-corrected chi connectivity index (χ0v) is 10.6. The molecule has 0 bridgehead atoms. The van der Waals surface area contributed by atoms with Crippen LogP contribution in [-0.4, -0.2) is 29.1 Å². The van der Waals surface area contributed by atoms with E-state index in [1.807, 2.05) is 24.5 Å². The molecule has 3 rings (SSSR count). The van der Waals surface area contributed by atoms with Crippen LogP contribution < -0.4 is 5.32 Å². The van der Waals surface area contributed by atoms with Crippen LogP contribution in [0.25, 0.3) is 0 Å². The maximum atomic E-state index is 4.57. The van der Waals surface area contributed by atoms with Gasteiger partial charge in [-0.3, -0.25) is 15.0 Å². The summed E-state index contributed by atoms with van der Waals surface area (Å²) in [5, 5.41) is 3.24. The van der Waals surface area contributed by atoms with Gasteiger partial charge >= 0.3 is 0 Å². The first-order chi connectivity index (χ1) is 8.88. The number of rotatable bonds is 1. The molecule has 2 aromatic rings. The van der Waals surface area contributed by atoms with Crippen LogP contribution in [0.4, 0.5) is 5.82 Å². The average Bonchev–Trinajstić information content (AvgIpc) is 2.86. The van der Waals surface area contributed by atoms with Gasteiger partial charge in [-0.05, 0) is 12.1 Å². The third kappa shape index (κ3) is 1.91. The van der Waals surface area contributed by atoms with Crippen molar-refractivity contribution in [1.29, 1.82) is 0 Å². The molecule has 0 aromatic carbocycles. The van der Waals surface area contributed by atoms with Crippen LogP contribution in [0, 0.1) is 0 Å². The Morgan fingerprint density at radius 3 is 3.17 bits per heavy atom. The zero-order valence-electron chi connectivity index (χ0n) is 9.74. The number of fused-ring (bicyclic) bond motifs is 1. The lowest BCUT2D eigenvalue weighted by molar-refractivity contribution is 0.981. The van der Waals surface area contributed by atoms with E-state index < -0.39 is 0 Å². The number of anilines is 1. The minimum absolute atomic E-state index is 0.128. The van der Waals surface area contributed by atoms with Crippen LogP contribution in [0.1, 0.15) is 16.5 Å². The molecular weight excluding hydrogens is 246 g/mol. The van der Waals surface area contributed by atoms with Gasteiger partial charge in [0.1, 0.15) is 17.7 Å². The number of nitrogens with zero attached hydrogens (tertiary/aromatic N) is 4. The first kappa shape index (κ1) is 11.0. The Balaban J connectivity index is 2.05. The Morgan fingerprint density at radius 1 is 1.44 bits per heavy atom. The van der Waals surface area contributed by atoms with Gasteiger partial charge in [0, 0.05) is 31.2 Å². The quantitative estimate of drug-likeness (QED) is 0.851. The Kier molecular flexibility index (Phi) is 2.85. The molecule has 1 N–H and O–H groups in total. The molecule has 5 nitrogen and oxygen atoms in total. The fraction of sp³-hybridized carbons (Fsp3) is 0.167. The summed E-state index contributed by atoms with van der Waals surface area (Å²) in [6.07, 6.45) is 5.40. The fourth-order valence-electron chi connectivity index (χ4n) is 1.79. The minimum atomic E-state index is -0.128.